The number of nitrogens with two attached hydrogens (primary N) is 2. The molecule has 3 aromatic rings. The minimum absolute atomic E-state index is 0.0359. The van der Waals surface area contributed by atoms with Crippen molar-refractivity contribution in [2.45, 2.75) is 53.8 Å². The Labute approximate surface area is 227 Å². The maximum Gasteiger partial charge on any atom is 0.330 e. The molecule has 0 spiro atoms. The van der Waals surface area contributed by atoms with Crippen molar-refractivity contribution in [2.24, 2.45) is 0 Å². The molecule has 208 valence electrons. The van der Waals surface area contributed by atoms with Crippen LogP contribution in [0.1, 0.15) is 50.4 Å². The summed E-state index contributed by atoms with van der Waals surface area (Å²) in [6.07, 6.45) is 0.813. The normalized spacial score (nSPS) is 11.7. The van der Waals surface area contributed by atoms with Crippen molar-refractivity contribution in [1.82, 2.24) is 19.9 Å². The molecule has 0 fully saturated rings. The summed E-state index contributed by atoms with van der Waals surface area (Å²) in [5, 5.41) is 2.78. The van der Waals surface area contributed by atoms with Gasteiger partial charge in [0.05, 0.1) is 39.1 Å². The number of rotatable bonds is 14. The number of hydrogen-bond acceptors (Lipinski definition) is 9. The van der Waals surface area contributed by atoms with Crippen molar-refractivity contribution in [3.8, 4) is 5.75 Å². The van der Waals surface area contributed by atoms with Crippen molar-refractivity contribution in [1.29, 1.82) is 0 Å². The number of halogens is 1. The number of carbonyl (C=O) groups excluding carboxylic acids is 1. The first kappa shape index (κ1) is 29.6. The van der Waals surface area contributed by atoms with E-state index in [1.165, 1.54) is 0 Å². The molecule has 38 heavy (non-hydrogen) atoms. The van der Waals surface area contributed by atoms with Crippen LogP contribution < -0.4 is 26.1 Å². The highest BCUT2D eigenvalue weighted by Crippen LogP contribution is 2.48. The zero-order chi connectivity index (χ0) is 27.9. The number of carbonyl (C=O) groups is 1. The first-order valence-electron chi connectivity index (χ1n) is 12.6. The SMILES string of the molecule is CCOP(=O)(CCCOc1ccc2c(c1)n(CC)c(CNC(=O)c1nc(Cl)c(N)nc1N)[n+]2CC)OCC. The van der Waals surface area contributed by atoms with Crippen LogP contribution in [-0.2, 0) is 33.2 Å². The Balaban J connectivity index is 1.76. The Hall–Kier alpha value is -2.92. The summed E-state index contributed by atoms with van der Waals surface area (Å²) in [6, 6.07) is 5.85. The van der Waals surface area contributed by atoms with E-state index in [0.29, 0.717) is 45.1 Å². The molecule has 0 aliphatic carbocycles. The molecule has 12 nitrogen and oxygen atoms in total. The Morgan fingerprint density at radius 1 is 1.13 bits per heavy atom. The van der Waals surface area contributed by atoms with Gasteiger partial charge < -0.3 is 30.6 Å². The van der Waals surface area contributed by atoms with Gasteiger partial charge >= 0.3 is 7.60 Å². The second-order valence-corrected chi connectivity index (χ2v) is 10.8. The second-order valence-electron chi connectivity index (χ2n) is 8.24. The highest BCUT2D eigenvalue weighted by molar-refractivity contribution is 7.53. The predicted molar refractivity (Wildman–Crippen MR) is 146 cm³/mol. The van der Waals surface area contributed by atoms with Gasteiger partial charge in [0.25, 0.3) is 11.7 Å². The molecule has 0 saturated heterocycles. The molecular weight excluding hydrogens is 533 g/mol. The van der Waals surface area contributed by atoms with Crippen LogP contribution in [0, 0.1) is 0 Å². The standard InChI is InChI=1S/C24H35ClN7O5P/c1-5-31-17-11-10-16(35-12-9-13-38(34,36-7-3)37-8-4)14-18(17)32(6-2)19(31)15-28-24(33)20-22(26)30-23(27)21(25)29-20/h10-11,14H,5-9,12-13,15H2,1-4H3,(H4-,26,27,28,30,33)/p+1. The van der Waals surface area contributed by atoms with E-state index in [9.17, 15) is 9.36 Å². The van der Waals surface area contributed by atoms with Gasteiger partial charge in [-0.1, -0.05) is 11.6 Å². The van der Waals surface area contributed by atoms with E-state index in [1.807, 2.05) is 32.0 Å². The lowest BCUT2D eigenvalue weighted by atomic mass is 10.3. The number of benzene rings is 1. The summed E-state index contributed by atoms with van der Waals surface area (Å²) < 4.78 is 33.5. The number of nitrogens with zero attached hydrogens (tertiary/aromatic N) is 4. The van der Waals surface area contributed by atoms with Crippen LogP contribution in [0.25, 0.3) is 11.0 Å². The van der Waals surface area contributed by atoms with Crippen molar-refractivity contribution < 1.29 is 27.7 Å². The maximum atomic E-state index is 12.8. The fourth-order valence-corrected chi connectivity index (χ4v) is 5.98. The molecule has 2 heterocycles. The fourth-order valence-electron chi connectivity index (χ4n) is 4.22. The lowest BCUT2D eigenvalue weighted by Crippen LogP contribution is -2.40. The molecule has 1 aromatic carbocycles. The topological polar surface area (TPSA) is 160 Å². The molecule has 3 rings (SSSR count). The monoisotopic (exact) mass is 568 g/mol. The van der Waals surface area contributed by atoms with Crippen LogP contribution in [-0.4, -0.2) is 46.4 Å². The minimum Gasteiger partial charge on any atom is -0.493 e. The van der Waals surface area contributed by atoms with Crippen molar-refractivity contribution >= 4 is 47.8 Å². The number of aryl methyl sites for hydroxylation is 2. The molecule has 0 saturated carbocycles. The Bertz CT molecular complexity index is 1320. The average molecular weight is 569 g/mol. The second kappa shape index (κ2) is 13.2. The maximum absolute atomic E-state index is 12.8. The molecule has 0 atom stereocenters. The Morgan fingerprint density at radius 3 is 2.47 bits per heavy atom. The van der Waals surface area contributed by atoms with E-state index in [1.54, 1.807) is 13.8 Å². The third kappa shape index (κ3) is 6.74. The van der Waals surface area contributed by atoms with Gasteiger partial charge in [0, 0.05) is 6.07 Å². The molecule has 0 unspecified atom stereocenters. The van der Waals surface area contributed by atoms with Crippen molar-refractivity contribution in [2.75, 3.05) is 37.4 Å². The summed E-state index contributed by atoms with van der Waals surface area (Å²) >= 11 is 5.93. The van der Waals surface area contributed by atoms with E-state index in [2.05, 4.69) is 24.4 Å². The van der Waals surface area contributed by atoms with Crippen LogP contribution in [0.2, 0.25) is 5.15 Å². The third-order valence-corrected chi connectivity index (χ3v) is 8.25. The summed E-state index contributed by atoms with van der Waals surface area (Å²) in [7, 11) is -3.10. The van der Waals surface area contributed by atoms with Crippen LogP contribution >= 0.6 is 19.2 Å². The number of ether oxygens (including phenoxy) is 1. The zero-order valence-corrected chi connectivity index (χ0v) is 23.8. The van der Waals surface area contributed by atoms with Gasteiger partial charge in [-0.15, -0.1) is 0 Å². The number of nitrogen functional groups attached to an aromatic ring is 2. The quantitative estimate of drug-likeness (QED) is 0.150. The van der Waals surface area contributed by atoms with Crippen LogP contribution in [0.5, 0.6) is 5.75 Å². The number of amides is 1. The summed E-state index contributed by atoms with van der Waals surface area (Å²) in [4.78, 5) is 20.6. The van der Waals surface area contributed by atoms with Gasteiger partial charge in [-0.25, -0.2) is 19.1 Å². The molecular formula is C24H36ClN7O5P+. The minimum atomic E-state index is -3.10. The predicted octanol–water partition coefficient (Wildman–Crippen LogP) is 3.54. The van der Waals surface area contributed by atoms with Crippen molar-refractivity contribution in [3.05, 3.63) is 34.9 Å². The first-order valence-corrected chi connectivity index (χ1v) is 14.7. The molecule has 14 heteroatoms. The van der Waals surface area contributed by atoms with Crippen LogP contribution in [0.3, 0.4) is 0 Å². The Morgan fingerprint density at radius 2 is 1.84 bits per heavy atom. The summed E-state index contributed by atoms with van der Waals surface area (Å²) in [5.74, 6) is 0.937. The van der Waals surface area contributed by atoms with Crippen LogP contribution in [0.15, 0.2) is 18.2 Å². The number of anilines is 2. The molecule has 0 aliphatic rings. The summed E-state index contributed by atoms with van der Waals surface area (Å²) in [6.45, 7) is 10.3. The molecule has 0 bridgehead atoms. The average Bonchev–Trinajstić information content (AvgIpc) is 3.19. The zero-order valence-electron chi connectivity index (χ0n) is 22.2. The number of fused-ring (bicyclic) bond motifs is 1. The van der Waals surface area contributed by atoms with E-state index in [-0.39, 0.29) is 35.2 Å². The molecule has 0 radical (unpaired) electrons. The highest BCUT2D eigenvalue weighted by atomic mass is 35.5. The lowest BCUT2D eigenvalue weighted by Gasteiger charge is -2.16. The number of nitrogens with one attached hydrogen (secondary N) is 1. The molecule has 1 amide bonds. The largest absolute Gasteiger partial charge is 0.493 e. The van der Waals surface area contributed by atoms with Gasteiger partial charge in [0.2, 0.25) is 0 Å². The number of imidazole rings is 1. The van der Waals surface area contributed by atoms with Crippen molar-refractivity contribution in [3.63, 3.8) is 0 Å². The van der Waals surface area contributed by atoms with Gasteiger partial charge in [0.15, 0.2) is 33.5 Å². The van der Waals surface area contributed by atoms with Gasteiger partial charge in [-0.05, 0) is 46.2 Å². The molecule has 5 N–H and O–H groups in total. The van der Waals surface area contributed by atoms with Gasteiger partial charge in [0.1, 0.15) is 12.3 Å². The third-order valence-electron chi connectivity index (χ3n) is 5.81. The summed E-state index contributed by atoms with van der Waals surface area (Å²) in [5.41, 5.74) is 13.3. The van der Waals surface area contributed by atoms with E-state index >= 15 is 0 Å². The Kier molecular flexibility index (Phi) is 10.3. The number of hydrogen-bond donors (Lipinski definition) is 3. The lowest BCUT2D eigenvalue weighted by molar-refractivity contribution is -0.676. The smallest absolute Gasteiger partial charge is 0.330 e. The fraction of sp³-hybridized carbons (Fsp3) is 0.500. The number of aromatic nitrogens is 4. The first-order chi connectivity index (χ1) is 18.2. The molecule has 0 aliphatic heterocycles. The molecule has 2 aromatic heterocycles. The van der Waals surface area contributed by atoms with E-state index in [4.69, 9.17) is 36.9 Å². The van der Waals surface area contributed by atoms with Gasteiger partial charge in [-0.2, -0.15) is 0 Å². The van der Waals surface area contributed by atoms with E-state index in [0.717, 1.165) is 16.9 Å². The van der Waals surface area contributed by atoms with E-state index < -0.39 is 13.5 Å². The van der Waals surface area contributed by atoms with Gasteiger partial charge in [-0.3, -0.25) is 9.36 Å². The van der Waals surface area contributed by atoms with Crippen LogP contribution in [0.4, 0.5) is 11.6 Å². The highest BCUT2D eigenvalue weighted by Gasteiger charge is 2.26.